The molecule has 0 aromatic heterocycles. The summed E-state index contributed by atoms with van der Waals surface area (Å²) in [6, 6.07) is 7.00. The third-order valence-electron chi connectivity index (χ3n) is 3.68. The van der Waals surface area contributed by atoms with Gasteiger partial charge in [0.25, 0.3) is 5.91 Å². The van der Waals surface area contributed by atoms with Crippen LogP contribution in [0.25, 0.3) is 0 Å². The summed E-state index contributed by atoms with van der Waals surface area (Å²) in [5, 5.41) is 8.96. The van der Waals surface area contributed by atoms with Crippen molar-refractivity contribution in [3.63, 3.8) is 0 Å². The number of likely N-dealkylation sites (tertiary alicyclic amines) is 1. The van der Waals surface area contributed by atoms with Crippen molar-refractivity contribution < 1.29 is 19.4 Å². The first-order valence-corrected chi connectivity index (χ1v) is 6.63. The summed E-state index contributed by atoms with van der Waals surface area (Å²) in [4.78, 5) is 25.0. The van der Waals surface area contributed by atoms with Gasteiger partial charge in [-0.2, -0.15) is 0 Å². The molecule has 5 heteroatoms. The second-order valence-electron chi connectivity index (χ2n) is 5.17. The molecule has 0 bridgehead atoms. The fourth-order valence-electron chi connectivity index (χ4n) is 2.55. The summed E-state index contributed by atoms with van der Waals surface area (Å²) >= 11 is 0. The van der Waals surface area contributed by atoms with Crippen LogP contribution in [0, 0.1) is 6.92 Å². The number of ether oxygens (including phenoxy) is 1. The summed E-state index contributed by atoms with van der Waals surface area (Å²) in [5.74, 6) is -1.02. The van der Waals surface area contributed by atoms with Gasteiger partial charge in [-0.15, -0.1) is 0 Å². The third-order valence-corrected chi connectivity index (χ3v) is 3.68. The van der Waals surface area contributed by atoms with E-state index in [1.54, 1.807) is 24.1 Å². The highest BCUT2D eigenvalue weighted by Crippen LogP contribution is 2.24. The predicted octanol–water partition coefficient (Wildman–Crippen LogP) is 1.70. The highest BCUT2D eigenvalue weighted by molar-refractivity contribution is 5.95. The number of hydrogen-bond acceptors (Lipinski definition) is 3. The Morgan fingerprint density at radius 3 is 2.55 bits per heavy atom. The van der Waals surface area contributed by atoms with E-state index < -0.39 is 5.97 Å². The van der Waals surface area contributed by atoms with Crippen molar-refractivity contribution >= 4 is 11.9 Å². The molecular formula is C15H19NO4. The minimum Gasteiger partial charge on any atom is -0.481 e. The molecule has 1 saturated heterocycles. The van der Waals surface area contributed by atoms with Crippen LogP contribution in [0.15, 0.2) is 24.3 Å². The van der Waals surface area contributed by atoms with E-state index in [9.17, 15) is 9.59 Å². The number of hydrogen-bond donors (Lipinski definition) is 1. The fraction of sp³-hybridized carbons (Fsp3) is 0.467. The Labute approximate surface area is 118 Å². The molecule has 108 valence electrons. The van der Waals surface area contributed by atoms with Crippen molar-refractivity contribution in [1.82, 2.24) is 4.90 Å². The smallest absolute Gasteiger partial charge is 0.305 e. The zero-order chi connectivity index (χ0) is 14.7. The number of aryl methyl sites for hydroxylation is 1. The minimum absolute atomic E-state index is 0.0442. The van der Waals surface area contributed by atoms with Gasteiger partial charge in [-0.05, 0) is 25.5 Å². The van der Waals surface area contributed by atoms with Crippen molar-refractivity contribution in [2.75, 3.05) is 13.7 Å². The summed E-state index contributed by atoms with van der Waals surface area (Å²) in [5.41, 5.74) is 1.67. The maximum Gasteiger partial charge on any atom is 0.305 e. The molecule has 0 spiro atoms. The number of benzene rings is 1. The van der Waals surface area contributed by atoms with Crippen LogP contribution in [0.3, 0.4) is 0 Å². The Bertz CT molecular complexity index is 497. The maximum atomic E-state index is 12.5. The second-order valence-corrected chi connectivity index (χ2v) is 5.17. The lowest BCUT2D eigenvalue weighted by atomic mass is 10.1. The van der Waals surface area contributed by atoms with Gasteiger partial charge in [0.1, 0.15) is 0 Å². The summed E-state index contributed by atoms with van der Waals surface area (Å²) < 4.78 is 5.27. The molecular weight excluding hydrogens is 258 g/mol. The number of aliphatic carboxylic acids is 1. The van der Waals surface area contributed by atoms with Crippen molar-refractivity contribution in [3.8, 4) is 0 Å². The third kappa shape index (κ3) is 3.17. The van der Waals surface area contributed by atoms with E-state index in [1.807, 2.05) is 19.1 Å². The number of carboxylic acids is 1. The molecule has 2 unspecified atom stereocenters. The van der Waals surface area contributed by atoms with Gasteiger partial charge in [-0.1, -0.05) is 17.7 Å². The van der Waals surface area contributed by atoms with E-state index in [2.05, 4.69) is 0 Å². The number of carbonyl (C=O) groups excluding carboxylic acids is 1. The van der Waals surface area contributed by atoms with Crippen molar-refractivity contribution in [2.24, 2.45) is 0 Å². The van der Waals surface area contributed by atoms with Crippen LogP contribution in [-0.2, 0) is 9.53 Å². The summed E-state index contributed by atoms with van der Waals surface area (Å²) in [7, 11) is 1.59. The van der Waals surface area contributed by atoms with Crippen LogP contribution in [-0.4, -0.2) is 47.7 Å². The molecule has 5 nitrogen and oxygen atoms in total. The Morgan fingerprint density at radius 2 is 2.00 bits per heavy atom. The fourth-order valence-corrected chi connectivity index (χ4v) is 2.55. The highest BCUT2D eigenvalue weighted by atomic mass is 16.5. The van der Waals surface area contributed by atoms with Crippen molar-refractivity contribution in [1.29, 1.82) is 0 Å². The van der Waals surface area contributed by atoms with Gasteiger partial charge >= 0.3 is 5.97 Å². The van der Waals surface area contributed by atoms with E-state index in [0.717, 1.165) is 5.56 Å². The summed E-state index contributed by atoms with van der Waals surface area (Å²) in [6.45, 7) is 2.40. The van der Waals surface area contributed by atoms with Gasteiger partial charge in [-0.25, -0.2) is 0 Å². The molecule has 1 aromatic rings. The number of amides is 1. The lowest BCUT2D eigenvalue weighted by Gasteiger charge is -2.23. The number of carbonyl (C=O) groups is 2. The van der Waals surface area contributed by atoms with Crippen LogP contribution in [0.2, 0.25) is 0 Å². The van der Waals surface area contributed by atoms with Gasteiger partial charge in [0.2, 0.25) is 0 Å². The quantitative estimate of drug-likeness (QED) is 0.909. The Morgan fingerprint density at radius 1 is 1.35 bits per heavy atom. The molecule has 1 amide bonds. The largest absolute Gasteiger partial charge is 0.481 e. The molecule has 1 heterocycles. The summed E-state index contributed by atoms with van der Waals surface area (Å²) in [6.07, 6.45) is 0.437. The number of methoxy groups -OCH3 is 1. The first-order chi connectivity index (χ1) is 9.51. The van der Waals surface area contributed by atoms with Crippen LogP contribution in [0.4, 0.5) is 0 Å². The highest BCUT2D eigenvalue weighted by Gasteiger charge is 2.36. The number of carboxylic acid groups (broad SMARTS) is 1. The molecule has 1 aromatic carbocycles. The zero-order valence-electron chi connectivity index (χ0n) is 11.7. The Balaban J connectivity index is 2.17. The van der Waals surface area contributed by atoms with E-state index in [4.69, 9.17) is 9.84 Å². The van der Waals surface area contributed by atoms with Crippen LogP contribution in [0.5, 0.6) is 0 Å². The molecule has 20 heavy (non-hydrogen) atoms. The number of nitrogens with zero attached hydrogens (tertiary/aromatic N) is 1. The molecule has 1 N–H and O–H groups in total. The first kappa shape index (κ1) is 14.5. The second kappa shape index (κ2) is 6.05. The van der Waals surface area contributed by atoms with Gasteiger partial charge in [0.05, 0.1) is 12.5 Å². The molecule has 0 radical (unpaired) electrons. The van der Waals surface area contributed by atoms with Gasteiger partial charge < -0.3 is 14.7 Å². The first-order valence-electron chi connectivity index (χ1n) is 6.63. The lowest BCUT2D eigenvalue weighted by Crippen LogP contribution is -2.37. The predicted molar refractivity (Wildman–Crippen MR) is 73.7 cm³/mol. The molecule has 1 aliphatic rings. The number of rotatable bonds is 4. The van der Waals surface area contributed by atoms with Crippen molar-refractivity contribution in [2.45, 2.75) is 31.9 Å². The maximum absolute atomic E-state index is 12.5. The van der Waals surface area contributed by atoms with E-state index in [1.165, 1.54) is 0 Å². The van der Waals surface area contributed by atoms with Crippen LogP contribution >= 0.6 is 0 Å². The molecule has 0 saturated carbocycles. The SMILES string of the molecule is COC1CC(CC(=O)O)N(C(=O)c2ccc(C)cc2)C1. The Hall–Kier alpha value is -1.88. The average molecular weight is 277 g/mol. The molecule has 1 fully saturated rings. The monoisotopic (exact) mass is 277 g/mol. The van der Waals surface area contributed by atoms with E-state index >= 15 is 0 Å². The molecule has 2 atom stereocenters. The van der Waals surface area contributed by atoms with Gasteiger partial charge in [-0.3, -0.25) is 9.59 Å². The van der Waals surface area contributed by atoms with Crippen LogP contribution < -0.4 is 0 Å². The normalized spacial score (nSPS) is 22.0. The van der Waals surface area contributed by atoms with E-state index in [0.29, 0.717) is 18.5 Å². The molecule has 1 aliphatic heterocycles. The molecule has 2 rings (SSSR count). The van der Waals surface area contributed by atoms with Gasteiger partial charge in [0.15, 0.2) is 0 Å². The average Bonchev–Trinajstić information content (AvgIpc) is 2.81. The van der Waals surface area contributed by atoms with Gasteiger partial charge in [0, 0.05) is 25.3 Å². The zero-order valence-corrected chi connectivity index (χ0v) is 11.7. The molecule has 0 aliphatic carbocycles. The lowest BCUT2D eigenvalue weighted by molar-refractivity contribution is -0.137. The van der Waals surface area contributed by atoms with E-state index in [-0.39, 0.29) is 24.5 Å². The minimum atomic E-state index is -0.895. The Kier molecular flexibility index (Phi) is 4.39. The standard InChI is InChI=1S/C15H19NO4/c1-10-3-5-11(6-4-10)15(19)16-9-13(20-2)7-12(16)8-14(17)18/h3-6,12-13H,7-9H2,1-2H3,(H,17,18). The van der Waals surface area contributed by atoms with Crippen molar-refractivity contribution in [3.05, 3.63) is 35.4 Å². The topological polar surface area (TPSA) is 66.8 Å². The van der Waals surface area contributed by atoms with Crippen LogP contribution in [0.1, 0.15) is 28.8 Å².